The van der Waals surface area contributed by atoms with Crippen LogP contribution >= 0.6 is 0 Å². The molecule has 0 amide bonds. The van der Waals surface area contributed by atoms with E-state index in [4.69, 9.17) is 4.74 Å². The summed E-state index contributed by atoms with van der Waals surface area (Å²) < 4.78 is 5.52. The van der Waals surface area contributed by atoms with Crippen molar-refractivity contribution in [3.63, 3.8) is 0 Å². The standard InChI is InChI=1S/C15H32N2O/c1-7-15(6,11-16-14(3,4)5)12-17-8-9-18-10-13(17)2/h13,16H,7-12H2,1-6H3. The zero-order valence-electron chi connectivity index (χ0n) is 13.2. The predicted octanol–water partition coefficient (Wildman–Crippen LogP) is 2.51. The van der Waals surface area contributed by atoms with Gasteiger partial charge in [-0.2, -0.15) is 0 Å². The first-order valence-electron chi connectivity index (χ1n) is 7.32. The summed E-state index contributed by atoms with van der Waals surface area (Å²) in [6.07, 6.45) is 1.21. The van der Waals surface area contributed by atoms with Gasteiger partial charge in [0.1, 0.15) is 0 Å². The molecule has 0 spiro atoms. The Morgan fingerprint density at radius 3 is 2.44 bits per heavy atom. The Morgan fingerprint density at radius 2 is 1.94 bits per heavy atom. The van der Waals surface area contributed by atoms with E-state index in [1.54, 1.807) is 0 Å². The van der Waals surface area contributed by atoms with E-state index in [9.17, 15) is 0 Å². The molecule has 3 heteroatoms. The Kier molecular flexibility index (Phi) is 5.63. The first-order valence-corrected chi connectivity index (χ1v) is 7.32. The van der Waals surface area contributed by atoms with E-state index >= 15 is 0 Å². The van der Waals surface area contributed by atoms with E-state index in [2.05, 4.69) is 51.8 Å². The van der Waals surface area contributed by atoms with Gasteiger partial charge in [0, 0.05) is 31.2 Å². The van der Waals surface area contributed by atoms with E-state index in [1.807, 2.05) is 0 Å². The van der Waals surface area contributed by atoms with Gasteiger partial charge < -0.3 is 10.1 Å². The van der Waals surface area contributed by atoms with Crippen molar-refractivity contribution in [2.75, 3.05) is 32.8 Å². The fourth-order valence-electron chi connectivity index (χ4n) is 2.26. The highest BCUT2D eigenvalue weighted by molar-refractivity contribution is 4.85. The maximum atomic E-state index is 5.52. The van der Waals surface area contributed by atoms with Gasteiger partial charge in [0.2, 0.25) is 0 Å². The summed E-state index contributed by atoms with van der Waals surface area (Å²) in [5.41, 5.74) is 0.548. The van der Waals surface area contributed by atoms with E-state index in [1.165, 1.54) is 6.42 Å². The Bertz CT molecular complexity index is 249. The van der Waals surface area contributed by atoms with Crippen LogP contribution in [0.2, 0.25) is 0 Å². The third-order valence-corrected chi connectivity index (χ3v) is 3.99. The molecule has 0 bridgehead atoms. The molecule has 108 valence electrons. The van der Waals surface area contributed by atoms with Gasteiger partial charge in [-0.3, -0.25) is 4.90 Å². The zero-order valence-corrected chi connectivity index (χ0v) is 13.2. The summed E-state index contributed by atoms with van der Waals surface area (Å²) in [6, 6.07) is 0.555. The highest BCUT2D eigenvalue weighted by Crippen LogP contribution is 2.24. The second-order valence-electron chi connectivity index (χ2n) is 7.16. The van der Waals surface area contributed by atoms with Crippen LogP contribution in [0.1, 0.15) is 48.0 Å². The van der Waals surface area contributed by atoms with Crippen LogP contribution in [-0.2, 0) is 4.74 Å². The summed E-state index contributed by atoms with van der Waals surface area (Å²) in [5.74, 6) is 0. The van der Waals surface area contributed by atoms with E-state index in [0.717, 1.165) is 32.8 Å². The molecular formula is C15H32N2O. The van der Waals surface area contributed by atoms with E-state index in [0.29, 0.717) is 11.5 Å². The number of morpholine rings is 1. The van der Waals surface area contributed by atoms with Gasteiger partial charge in [0.25, 0.3) is 0 Å². The molecule has 2 atom stereocenters. The van der Waals surface area contributed by atoms with Gasteiger partial charge in [0.15, 0.2) is 0 Å². The highest BCUT2D eigenvalue weighted by Gasteiger charge is 2.30. The molecule has 1 heterocycles. The Balaban J connectivity index is 2.52. The molecule has 0 saturated carbocycles. The first kappa shape index (κ1) is 15.9. The zero-order chi connectivity index (χ0) is 13.8. The smallest absolute Gasteiger partial charge is 0.0619 e. The van der Waals surface area contributed by atoms with Gasteiger partial charge >= 0.3 is 0 Å². The molecular weight excluding hydrogens is 224 g/mol. The summed E-state index contributed by atoms with van der Waals surface area (Å²) in [5, 5.41) is 3.66. The molecule has 1 rings (SSSR count). The lowest BCUT2D eigenvalue weighted by molar-refractivity contribution is -0.0193. The minimum Gasteiger partial charge on any atom is -0.379 e. The molecule has 1 saturated heterocycles. The maximum Gasteiger partial charge on any atom is 0.0619 e. The number of ether oxygens (including phenoxy) is 1. The minimum absolute atomic E-state index is 0.201. The van der Waals surface area contributed by atoms with Crippen molar-refractivity contribution >= 4 is 0 Å². The van der Waals surface area contributed by atoms with Crippen LogP contribution in [0, 0.1) is 5.41 Å². The molecule has 1 N–H and O–H groups in total. The summed E-state index contributed by atoms with van der Waals surface area (Å²) in [6.45, 7) is 18.8. The van der Waals surface area contributed by atoms with Crippen molar-refractivity contribution in [3.8, 4) is 0 Å². The highest BCUT2D eigenvalue weighted by atomic mass is 16.5. The monoisotopic (exact) mass is 256 g/mol. The largest absolute Gasteiger partial charge is 0.379 e. The predicted molar refractivity (Wildman–Crippen MR) is 78.0 cm³/mol. The van der Waals surface area contributed by atoms with Crippen LogP contribution in [0.5, 0.6) is 0 Å². The Labute approximate surface area is 113 Å². The summed E-state index contributed by atoms with van der Waals surface area (Å²) >= 11 is 0. The van der Waals surface area contributed by atoms with Crippen molar-refractivity contribution in [2.24, 2.45) is 5.41 Å². The van der Waals surface area contributed by atoms with Crippen LogP contribution in [0.15, 0.2) is 0 Å². The van der Waals surface area contributed by atoms with Crippen molar-refractivity contribution < 1.29 is 4.74 Å². The number of rotatable bonds is 5. The lowest BCUT2D eigenvalue weighted by Gasteiger charge is -2.41. The number of hydrogen-bond donors (Lipinski definition) is 1. The molecule has 0 aromatic rings. The van der Waals surface area contributed by atoms with Crippen molar-refractivity contribution in [1.29, 1.82) is 0 Å². The van der Waals surface area contributed by atoms with Gasteiger partial charge in [-0.05, 0) is 39.5 Å². The van der Waals surface area contributed by atoms with Crippen LogP contribution in [0.3, 0.4) is 0 Å². The molecule has 3 nitrogen and oxygen atoms in total. The third-order valence-electron chi connectivity index (χ3n) is 3.99. The van der Waals surface area contributed by atoms with Gasteiger partial charge in [-0.1, -0.05) is 13.8 Å². The van der Waals surface area contributed by atoms with Crippen LogP contribution in [-0.4, -0.2) is 49.3 Å². The number of nitrogens with zero attached hydrogens (tertiary/aromatic N) is 1. The molecule has 1 aliphatic rings. The lowest BCUT2D eigenvalue weighted by Crippen LogP contribution is -2.52. The second kappa shape index (κ2) is 6.36. The SMILES string of the molecule is CCC(C)(CNC(C)(C)C)CN1CCOCC1C. The number of nitrogens with one attached hydrogen (secondary N) is 1. The first-order chi connectivity index (χ1) is 8.26. The second-order valence-corrected chi connectivity index (χ2v) is 7.16. The molecule has 0 aromatic carbocycles. The summed E-state index contributed by atoms with van der Waals surface area (Å²) in [4.78, 5) is 2.58. The Hall–Kier alpha value is -0.120. The molecule has 1 aliphatic heterocycles. The van der Waals surface area contributed by atoms with Gasteiger partial charge in [-0.15, -0.1) is 0 Å². The quantitative estimate of drug-likeness (QED) is 0.818. The van der Waals surface area contributed by atoms with Crippen molar-refractivity contribution in [3.05, 3.63) is 0 Å². The maximum absolute atomic E-state index is 5.52. The molecule has 0 radical (unpaired) electrons. The lowest BCUT2D eigenvalue weighted by atomic mass is 9.85. The van der Waals surface area contributed by atoms with Crippen molar-refractivity contribution in [2.45, 2.75) is 59.5 Å². The van der Waals surface area contributed by atoms with Crippen LogP contribution < -0.4 is 5.32 Å². The average molecular weight is 256 g/mol. The summed E-state index contributed by atoms with van der Waals surface area (Å²) in [7, 11) is 0. The third kappa shape index (κ3) is 5.25. The average Bonchev–Trinajstić information content (AvgIpc) is 2.29. The fourth-order valence-corrected chi connectivity index (χ4v) is 2.26. The number of hydrogen-bond acceptors (Lipinski definition) is 3. The van der Waals surface area contributed by atoms with Crippen LogP contribution in [0.25, 0.3) is 0 Å². The molecule has 0 aromatic heterocycles. The molecule has 18 heavy (non-hydrogen) atoms. The molecule has 1 fully saturated rings. The fraction of sp³-hybridized carbons (Fsp3) is 1.00. The van der Waals surface area contributed by atoms with Gasteiger partial charge in [-0.25, -0.2) is 0 Å². The normalized spacial score (nSPS) is 26.0. The van der Waals surface area contributed by atoms with Gasteiger partial charge in [0.05, 0.1) is 13.2 Å². The molecule has 0 aliphatic carbocycles. The molecule has 2 unspecified atom stereocenters. The van der Waals surface area contributed by atoms with E-state index < -0.39 is 0 Å². The Morgan fingerprint density at radius 1 is 1.28 bits per heavy atom. The minimum atomic E-state index is 0.201. The topological polar surface area (TPSA) is 24.5 Å². The van der Waals surface area contributed by atoms with Crippen LogP contribution in [0.4, 0.5) is 0 Å². The van der Waals surface area contributed by atoms with E-state index in [-0.39, 0.29) is 5.54 Å². The van der Waals surface area contributed by atoms with Crippen molar-refractivity contribution in [1.82, 2.24) is 10.2 Å².